The summed E-state index contributed by atoms with van der Waals surface area (Å²) in [4.78, 5) is 12.9. The van der Waals surface area contributed by atoms with Crippen LogP contribution in [0.25, 0.3) is 0 Å². The fourth-order valence-electron chi connectivity index (χ4n) is 3.74. The number of carbonyl (C=O) groups excluding carboxylic acids is 1. The summed E-state index contributed by atoms with van der Waals surface area (Å²) in [5.41, 5.74) is 2.12. The molecule has 0 bridgehead atoms. The van der Waals surface area contributed by atoms with Crippen molar-refractivity contribution in [2.45, 2.75) is 56.5 Å². The van der Waals surface area contributed by atoms with E-state index in [0.29, 0.717) is 6.54 Å². The number of halogens is 1. The maximum atomic E-state index is 13.3. The highest BCUT2D eigenvalue weighted by Gasteiger charge is 2.33. The average Bonchev–Trinajstić information content (AvgIpc) is 2.71. The fourth-order valence-corrected chi connectivity index (χ4v) is 5.65. The summed E-state index contributed by atoms with van der Waals surface area (Å²) < 4.78 is 28.9. The van der Waals surface area contributed by atoms with Crippen LogP contribution in [0.5, 0.6) is 0 Å². The molecule has 1 fully saturated rings. The Morgan fingerprint density at radius 3 is 2.45 bits per heavy atom. The van der Waals surface area contributed by atoms with Gasteiger partial charge in [-0.25, -0.2) is 8.42 Å². The number of benzene rings is 2. The second-order valence-electron chi connectivity index (χ2n) is 7.56. The van der Waals surface area contributed by atoms with E-state index < -0.39 is 10.0 Å². The summed E-state index contributed by atoms with van der Waals surface area (Å²) in [6.07, 6.45) is 4.67. The van der Waals surface area contributed by atoms with Crippen LogP contribution in [0.1, 0.15) is 43.2 Å². The molecule has 1 N–H and O–H groups in total. The van der Waals surface area contributed by atoms with E-state index in [2.05, 4.69) is 21.2 Å². The van der Waals surface area contributed by atoms with Crippen molar-refractivity contribution in [1.82, 2.24) is 9.62 Å². The SMILES string of the molecule is Cc1cccc(CNC(=O)CN(C2CCCCC2)S(=O)(=O)c2ccc(Br)cc2)c1. The monoisotopic (exact) mass is 478 g/mol. The second-order valence-corrected chi connectivity index (χ2v) is 10.4. The molecular formula is C22H27BrN2O3S. The van der Waals surface area contributed by atoms with Crippen molar-refractivity contribution in [1.29, 1.82) is 0 Å². The first-order valence-corrected chi connectivity index (χ1v) is 12.2. The molecule has 2 aromatic carbocycles. The molecule has 2 aromatic rings. The third-order valence-electron chi connectivity index (χ3n) is 5.27. The first kappa shape index (κ1) is 22.0. The van der Waals surface area contributed by atoms with Gasteiger partial charge in [-0.1, -0.05) is 65.0 Å². The summed E-state index contributed by atoms with van der Waals surface area (Å²) in [6.45, 7) is 2.23. The largest absolute Gasteiger partial charge is 0.351 e. The van der Waals surface area contributed by atoms with Crippen LogP contribution in [0.4, 0.5) is 0 Å². The van der Waals surface area contributed by atoms with Gasteiger partial charge in [0.25, 0.3) is 0 Å². The first-order chi connectivity index (χ1) is 13.9. The van der Waals surface area contributed by atoms with Gasteiger partial charge in [0.2, 0.25) is 15.9 Å². The van der Waals surface area contributed by atoms with Gasteiger partial charge in [0, 0.05) is 17.1 Å². The highest BCUT2D eigenvalue weighted by Crippen LogP contribution is 2.28. The summed E-state index contributed by atoms with van der Waals surface area (Å²) >= 11 is 3.34. The molecule has 5 nitrogen and oxygen atoms in total. The Hall–Kier alpha value is -1.70. The van der Waals surface area contributed by atoms with Crippen LogP contribution in [0.3, 0.4) is 0 Å². The van der Waals surface area contributed by atoms with Crippen molar-refractivity contribution in [3.63, 3.8) is 0 Å². The standard InChI is InChI=1S/C22H27BrN2O3S/c1-17-6-5-7-18(14-17)15-24-22(26)16-25(20-8-3-2-4-9-20)29(27,28)21-12-10-19(23)11-13-21/h5-7,10-14,20H,2-4,8-9,15-16H2,1H3,(H,24,26). The van der Waals surface area contributed by atoms with Crippen LogP contribution in [-0.2, 0) is 21.4 Å². The van der Waals surface area contributed by atoms with E-state index in [1.54, 1.807) is 24.3 Å². The molecule has 7 heteroatoms. The minimum absolute atomic E-state index is 0.137. The molecule has 0 heterocycles. The van der Waals surface area contributed by atoms with Gasteiger partial charge in [0.05, 0.1) is 11.4 Å². The zero-order valence-corrected chi connectivity index (χ0v) is 19.0. The quantitative estimate of drug-likeness (QED) is 0.641. The lowest BCUT2D eigenvalue weighted by atomic mass is 9.95. The molecule has 0 atom stereocenters. The molecule has 1 aliphatic rings. The van der Waals surface area contributed by atoms with E-state index >= 15 is 0 Å². The molecule has 0 saturated heterocycles. The molecule has 0 aliphatic heterocycles. The number of rotatable bonds is 7. The maximum Gasteiger partial charge on any atom is 0.243 e. The van der Waals surface area contributed by atoms with E-state index in [1.165, 1.54) is 4.31 Å². The second kappa shape index (κ2) is 9.87. The van der Waals surface area contributed by atoms with E-state index in [9.17, 15) is 13.2 Å². The minimum atomic E-state index is -3.75. The lowest BCUT2D eigenvalue weighted by molar-refractivity contribution is -0.121. The lowest BCUT2D eigenvalue weighted by Crippen LogP contribution is -2.46. The number of sulfonamides is 1. The normalized spacial score (nSPS) is 15.4. The molecule has 0 aromatic heterocycles. The smallest absolute Gasteiger partial charge is 0.243 e. The van der Waals surface area contributed by atoms with E-state index in [1.807, 2.05) is 31.2 Å². The first-order valence-electron chi connectivity index (χ1n) is 9.96. The van der Waals surface area contributed by atoms with Crippen molar-refractivity contribution < 1.29 is 13.2 Å². The maximum absolute atomic E-state index is 13.3. The molecule has 1 amide bonds. The molecule has 0 spiro atoms. The summed E-state index contributed by atoms with van der Waals surface area (Å²) in [7, 11) is -3.75. The highest BCUT2D eigenvalue weighted by atomic mass is 79.9. The van der Waals surface area contributed by atoms with Crippen molar-refractivity contribution in [2.24, 2.45) is 0 Å². The van der Waals surface area contributed by atoms with Gasteiger partial charge in [-0.3, -0.25) is 4.79 Å². The van der Waals surface area contributed by atoms with Crippen LogP contribution in [0.15, 0.2) is 57.9 Å². The van der Waals surface area contributed by atoms with Gasteiger partial charge in [-0.2, -0.15) is 4.31 Å². The summed E-state index contributed by atoms with van der Waals surface area (Å²) in [5.74, 6) is -0.280. The molecule has 156 valence electrons. The lowest BCUT2D eigenvalue weighted by Gasteiger charge is -2.33. The topological polar surface area (TPSA) is 66.5 Å². The fraction of sp³-hybridized carbons (Fsp3) is 0.409. The van der Waals surface area contributed by atoms with Crippen molar-refractivity contribution in [2.75, 3.05) is 6.54 Å². The third-order valence-corrected chi connectivity index (χ3v) is 7.72. The van der Waals surface area contributed by atoms with E-state index in [0.717, 1.165) is 47.7 Å². The number of carbonyl (C=O) groups is 1. The molecule has 29 heavy (non-hydrogen) atoms. The van der Waals surface area contributed by atoms with Gasteiger partial charge >= 0.3 is 0 Å². The Morgan fingerprint density at radius 1 is 1.10 bits per heavy atom. The third kappa shape index (κ3) is 5.90. The number of hydrogen-bond donors (Lipinski definition) is 1. The average molecular weight is 479 g/mol. The number of nitrogens with zero attached hydrogens (tertiary/aromatic N) is 1. The minimum Gasteiger partial charge on any atom is -0.351 e. The van der Waals surface area contributed by atoms with Gasteiger partial charge in [0.15, 0.2) is 0 Å². The number of hydrogen-bond acceptors (Lipinski definition) is 3. The molecule has 1 saturated carbocycles. The number of nitrogens with one attached hydrogen (secondary N) is 1. The Bertz CT molecular complexity index is 939. The van der Waals surface area contributed by atoms with E-state index in [4.69, 9.17) is 0 Å². The number of aryl methyl sites for hydroxylation is 1. The van der Waals surface area contributed by atoms with Crippen molar-refractivity contribution in [3.8, 4) is 0 Å². The predicted molar refractivity (Wildman–Crippen MR) is 118 cm³/mol. The highest BCUT2D eigenvalue weighted by molar-refractivity contribution is 9.10. The number of amides is 1. The zero-order valence-electron chi connectivity index (χ0n) is 16.6. The van der Waals surface area contributed by atoms with Crippen molar-refractivity contribution in [3.05, 3.63) is 64.1 Å². The Labute approximate surface area is 181 Å². The van der Waals surface area contributed by atoms with Gasteiger partial charge in [0.1, 0.15) is 0 Å². The van der Waals surface area contributed by atoms with Gasteiger partial charge < -0.3 is 5.32 Å². The summed E-state index contributed by atoms with van der Waals surface area (Å²) in [6, 6.07) is 14.4. The van der Waals surface area contributed by atoms with Crippen molar-refractivity contribution >= 4 is 31.9 Å². The Balaban J connectivity index is 1.76. The van der Waals surface area contributed by atoms with Crippen LogP contribution in [0, 0.1) is 6.92 Å². The van der Waals surface area contributed by atoms with Gasteiger partial charge in [-0.15, -0.1) is 0 Å². The Kier molecular flexibility index (Phi) is 7.49. The summed E-state index contributed by atoms with van der Waals surface area (Å²) in [5, 5.41) is 2.88. The van der Waals surface area contributed by atoms with Crippen LogP contribution < -0.4 is 5.32 Å². The molecule has 1 aliphatic carbocycles. The molecule has 3 rings (SSSR count). The zero-order chi connectivity index (χ0) is 20.9. The van der Waals surface area contributed by atoms with Crippen LogP contribution in [0.2, 0.25) is 0 Å². The molecule has 0 radical (unpaired) electrons. The predicted octanol–water partition coefficient (Wildman–Crippen LogP) is 4.40. The Morgan fingerprint density at radius 2 is 1.79 bits per heavy atom. The molecule has 0 unspecified atom stereocenters. The van der Waals surface area contributed by atoms with Crippen LogP contribution >= 0.6 is 15.9 Å². The van der Waals surface area contributed by atoms with Gasteiger partial charge in [-0.05, 0) is 49.6 Å². The molecular weight excluding hydrogens is 452 g/mol. The van der Waals surface area contributed by atoms with Crippen LogP contribution in [-0.4, -0.2) is 31.2 Å². The van der Waals surface area contributed by atoms with E-state index in [-0.39, 0.29) is 23.4 Å².